The fraction of sp³-hybridized carbons (Fsp3) is 0.583. The maximum Gasteiger partial charge on any atom is 0.222 e. The molecule has 0 aliphatic carbocycles. The molecule has 0 saturated carbocycles. The van der Waals surface area contributed by atoms with Gasteiger partial charge in [0, 0.05) is 18.3 Å². The van der Waals surface area contributed by atoms with Gasteiger partial charge in [-0.3, -0.25) is 4.79 Å². The lowest BCUT2D eigenvalue weighted by molar-refractivity contribution is -0.131. The Kier molecular flexibility index (Phi) is 4.82. The first kappa shape index (κ1) is 12.2. The van der Waals surface area contributed by atoms with Gasteiger partial charge in [-0.1, -0.05) is 19.4 Å². The molecule has 0 radical (unpaired) electrons. The third-order valence-electron chi connectivity index (χ3n) is 2.67. The van der Waals surface area contributed by atoms with Gasteiger partial charge < -0.3 is 4.90 Å². The van der Waals surface area contributed by atoms with Crippen LogP contribution in [0.5, 0.6) is 0 Å². The SMILES string of the molecule is CCCCC(=O)N(C)C(C)c1cccs1. The highest BCUT2D eigenvalue weighted by Gasteiger charge is 2.17. The Balaban J connectivity index is 2.52. The van der Waals surface area contributed by atoms with Gasteiger partial charge in [0.15, 0.2) is 0 Å². The molecule has 0 spiro atoms. The van der Waals surface area contributed by atoms with Crippen LogP contribution in [0.25, 0.3) is 0 Å². The largest absolute Gasteiger partial charge is 0.338 e. The maximum atomic E-state index is 11.8. The second-order valence-electron chi connectivity index (χ2n) is 3.80. The van der Waals surface area contributed by atoms with Crippen LogP contribution in [-0.4, -0.2) is 17.9 Å². The standard InChI is InChI=1S/C12H19NOS/c1-4-5-8-12(14)13(3)10(2)11-7-6-9-15-11/h6-7,9-10H,4-5,8H2,1-3H3. The molecule has 1 aromatic heterocycles. The van der Waals surface area contributed by atoms with Crippen molar-refractivity contribution in [2.45, 2.75) is 39.2 Å². The van der Waals surface area contributed by atoms with E-state index in [1.54, 1.807) is 11.3 Å². The van der Waals surface area contributed by atoms with Crippen molar-refractivity contribution in [3.05, 3.63) is 22.4 Å². The normalized spacial score (nSPS) is 12.5. The number of hydrogen-bond acceptors (Lipinski definition) is 2. The van der Waals surface area contributed by atoms with Crippen LogP contribution in [0.3, 0.4) is 0 Å². The first-order valence-corrected chi connectivity index (χ1v) is 6.33. The molecular formula is C12H19NOS. The van der Waals surface area contributed by atoms with Gasteiger partial charge in [-0.2, -0.15) is 0 Å². The monoisotopic (exact) mass is 225 g/mol. The first-order chi connectivity index (χ1) is 7.16. The Morgan fingerprint density at radius 1 is 1.60 bits per heavy atom. The average Bonchev–Trinajstić information content (AvgIpc) is 2.77. The molecule has 15 heavy (non-hydrogen) atoms. The van der Waals surface area contributed by atoms with E-state index in [1.165, 1.54) is 4.88 Å². The Morgan fingerprint density at radius 3 is 2.87 bits per heavy atom. The van der Waals surface area contributed by atoms with Crippen LogP contribution in [-0.2, 0) is 4.79 Å². The molecule has 3 heteroatoms. The highest BCUT2D eigenvalue weighted by Crippen LogP contribution is 2.23. The molecule has 0 bridgehead atoms. The van der Waals surface area contributed by atoms with E-state index in [2.05, 4.69) is 25.3 Å². The summed E-state index contributed by atoms with van der Waals surface area (Å²) in [6, 6.07) is 4.31. The second kappa shape index (κ2) is 5.91. The smallest absolute Gasteiger partial charge is 0.222 e. The van der Waals surface area contributed by atoms with Gasteiger partial charge in [-0.15, -0.1) is 11.3 Å². The van der Waals surface area contributed by atoms with E-state index in [0.717, 1.165) is 12.8 Å². The van der Waals surface area contributed by atoms with Crippen LogP contribution < -0.4 is 0 Å². The molecule has 84 valence electrons. The molecule has 1 aromatic rings. The summed E-state index contributed by atoms with van der Waals surface area (Å²) in [5.41, 5.74) is 0. The maximum absolute atomic E-state index is 11.8. The minimum atomic E-state index is 0.203. The molecule has 1 rings (SSSR count). The molecule has 1 atom stereocenters. The van der Waals surface area contributed by atoms with Crippen molar-refractivity contribution < 1.29 is 4.79 Å². The molecule has 0 N–H and O–H groups in total. The van der Waals surface area contributed by atoms with Crippen LogP contribution >= 0.6 is 11.3 Å². The number of rotatable bonds is 5. The number of thiophene rings is 1. The third kappa shape index (κ3) is 3.34. The Bertz CT molecular complexity index is 295. The van der Waals surface area contributed by atoms with Crippen LogP contribution in [0.4, 0.5) is 0 Å². The van der Waals surface area contributed by atoms with Crippen LogP contribution in [0.2, 0.25) is 0 Å². The number of hydrogen-bond donors (Lipinski definition) is 0. The highest BCUT2D eigenvalue weighted by atomic mass is 32.1. The lowest BCUT2D eigenvalue weighted by atomic mass is 10.2. The number of carbonyl (C=O) groups excluding carboxylic acids is 1. The molecule has 1 amide bonds. The number of amides is 1. The molecule has 1 heterocycles. The lowest BCUT2D eigenvalue weighted by Gasteiger charge is -2.24. The second-order valence-corrected chi connectivity index (χ2v) is 4.78. The summed E-state index contributed by atoms with van der Waals surface area (Å²) in [5, 5.41) is 2.05. The summed E-state index contributed by atoms with van der Waals surface area (Å²) in [6.45, 7) is 4.19. The quantitative estimate of drug-likeness (QED) is 0.751. The molecule has 2 nitrogen and oxygen atoms in total. The number of carbonyl (C=O) groups is 1. The predicted octanol–water partition coefficient (Wildman–Crippen LogP) is 3.46. The van der Waals surface area contributed by atoms with Crippen molar-refractivity contribution in [1.82, 2.24) is 4.90 Å². The lowest BCUT2D eigenvalue weighted by Crippen LogP contribution is -2.28. The fourth-order valence-electron chi connectivity index (χ4n) is 1.44. The van der Waals surface area contributed by atoms with Crippen molar-refractivity contribution in [3.63, 3.8) is 0 Å². The number of unbranched alkanes of at least 4 members (excludes halogenated alkanes) is 1. The average molecular weight is 225 g/mol. The van der Waals surface area contributed by atoms with Gasteiger partial charge in [0.1, 0.15) is 0 Å². The van der Waals surface area contributed by atoms with E-state index in [4.69, 9.17) is 0 Å². The van der Waals surface area contributed by atoms with Gasteiger partial charge in [0.25, 0.3) is 0 Å². The summed E-state index contributed by atoms with van der Waals surface area (Å²) in [4.78, 5) is 14.9. The third-order valence-corrected chi connectivity index (χ3v) is 3.72. The molecule has 0 aliphatic heterocycles. The van der Waals surface area contributed by atoms with Crippen molar-refractivity contribution in [3.8, 4) is 0 Å². The highest BCUT2D eigenvalue weighted by molar-refractivity contribution is 7.10. The van der Waals surface area contributed by atoms with Gasteiger partial charge in [-0.25, -0.2) is 0 Å². The Morgan fingerprint density at radius 2 is 2.33 bits per heavy atom. The number of nitrogens with zero attached hydrogens (tertiary/aromatic N) is 1. The molecular weight excluding hydrogens is 206 g/mol. The van der Waals surface area contributed by atoms with Crippen LogP contribution in [0.1, 0.15) is 44.0 Å². The van der Waals surface area contributed by atoms with Crippen LogP contribution in [0, 0.1) is 0 Å². The van der Waals surface area contributed by atoms with E-state index in [0.29, 0.717) is 6.42 Å². The van der Waals surface area contributed by atoms with Crippen molar-refractivity contribution in [2.75, 3.05) is 7.05 Å². The van der Waals surface area contributed by atoms with Gasteiger partial charge >= 0.3 is 0 Å². The molecule has 1 unspecified atom stereocenters. The van der Waals surface area contributed by atoms with Gasteiger partial charge in [-0.05, 0) is 24.8 Å². The van der Waals surface area contributed by atoms with Crippen molar-refractivity contribution >= 4 is 17.2 Å². The predicted molar refractivity (Wildman–Crippen MR) is 65.0 cm³/mol. The zero-order valence-electron chi connectivity index (χ0n) is 9.69. The summed E-state index contributed by atoms with van der Waals surface area (Å²) in [7, 11) is 1.89. The summed E-state index contributed by atoms with van der Waals surface area (Å²) in [5.74, 6) is 0.248. The topological polar surface area (TPSA) is 20.3 Å². The van der Waals surface area contributed by atoms with E-state index in [9.17, 15) is 4.79 Å². The minimum Gasteiger partial charge on any atom is -0.338 e. The van der Waals surface area contributed by atoms with E-state index < -0.39 is 0 Å². The van der Waals surface area contributed by atoms with E-state index in [-0.39, 0.29) is 11.9 Å². The van der Waals surface area contributed by atoms with E-state index >= 15 is 0 Å². The zero-order chi connectivity index (χ0) is 11.3. The minimum absolute atomic E-state index is 0.203. The van der Waals surface area contributed by atoms with Crippen molar-refractivity contribution in [1.29, 1.82) is 0 Å². The summed E-state index contributed by atoms with van der Waals surface area (Å²) >= 11 is 1.71. The zero-order valence-corrected chi connectivity index (χ0v) is 10.5. The first-order valence-electron chi connectivity index (χ1n) is 5.45. The molecule has 0 aromatic carbocycles. The van der Waals surface area contributed by atoms with Gasteiger partial charge in [0.05, 0.1) is 6.04 Å². The molecule has 0 fully saturated rings. The molecule has 0 saturated heterocycles. The molecule has 0 aliphatic rings. The van der Waals surface area contributed by atoms with Gasteiger partial charge in [0.2, 0.25) is 5.91 Å². The Hall–Kier alpha value is -0.830. The van der Waals surface area contributed by atoms with E-state index in [1.807, 2.05) is 18.0 Å². The van der Waals surface area contributed by atoms with Crippen molar-refractivity contribution in [2.24, 2.45) is 0 Å². The summed E-state index contributed by atoms with van der Waals surface area (Å²) < 4.78 is 0. The fourth-order valence-corrected chi connectivity index (χ4v) is 2.27. The van der Waals surface area contributed by atoms with Crippen LogP contribution in [0.15, 0.2) is 17.5 Å². The summed E-state index contributed by atoms with van der Waals surface area (Å²) in [6.07, 6.45) is 2.73. The Labute approximate surface area is 95.9 Å².